The molecule has 0 aliphatic rings. The van der Waals surface area contributed by atoms with Crippen molar-refractivity contribution in [3.63, 3.8) is 0 Å². The second kappa shape index (κ2) is 8.25. The van der Waals surface area contributed by atoms with Crippen LogP contribution < -0.4 is 4.74 Å². The topological polar surface area (TPSA) is 39.2 Å². The zero-order valence-electron chi connectivity index (χ0n) is 14.3. The normalized spacial score (nSPS) is 10.4. The fraction of sp³-hybridized carbons (Fsp3) is 0.182. The van der Waals surface area contributed by atoms with Gasteiger partial charge in [0.2, 0.25) is 5.78 Å². The summed E-state index contributed by atoms with van der Waals surface area (Å²) in [6.45, 7) is 2.72. The zero-order valence-corrected chi connectivity index (χ0v) is 14.3. The molecule has 0 aliphatic heterocycles. The summed E-state index contributed by atoms with van der Waals surface area (Å²) in [4.78, 5) is 17.5. The Morgan fingerprint density at radius 1 is 0.920 bits per heavy atom. The molecule has 0 amide bonds. The molecule has 3 heteroatoms. The summed E-state index contributed by atoms with van der Waals surface area (Å²) in [5, 5.41) is 0. The van der Waals surface area contributed by atoms with Crippen molar-refractivity contribution in [3.8, 4) is 17.0 Å². The van der Waals surface area contributed by atoms with E-state index >= 15 is 0 Å². The highest BCUT2D eigenvalue weighted by Gasteiger charge is 2.16. The number of benzene rings is 2. The van der Waals surface area contributed by atoms with Crippen LogP contribution in [0.3, 0.4) is 0 Å². The first-order valence-electron chi connectivity index (χ1n) is 8.58. The number of para-hydroxylation sites is 1. The number of ether oxygens (including phenoxy) is 1. The number of carbonyl (C=O) groups is 1. The van der Waals surface area contributed by atoms with Gasteiger partial charge in [-0.15, -0.1) is 0 Å². The number of rotatable bonds is 7. The minimum absolute atomic E-state index is 0.120. The second-order valence-electron chi connectivity index (χ2n) is 5.80. The maximum Gasteiger partial charge on any atom is 0.215 e. The summed E-state index contributed by atoms with van der Waals surface area (Å²) in [6, 6.07) is 22.7. The molecule has 0 atom stereocenters. The van der Waals surface area contributed by atoms with Gasteiger partial charge in [0.1, 0.15) is 11.4 Å². The summed E-state index contributed by atoms with van der Waals surface area (Å²) >= 11 is 0. The van der Waals surface area contributed by atoms with E-state index in [9.17, 15) is 4.79 Å². The molecule has 0 spiro atoms. The Morgan fingerprint density at radius 3 is 2.48 bits per heavy atom. The Labute approximate surface area is 148 Å². The fourth-order valence-electron chi connectivity index (χ4n) is 2.58. The van der Waals surface area contributed by atoms with Gasteiger partial charge in [0, 0.05) is 5.56 Å². The Kier molecular flexibility index (Phi) is 5.57. The first-order chi connectivity index (χ1) is 12.3. The zero-order chi connectivity index (χ0) is 17.5. The van der Waals surface area contributed by atoms with Crippen LogP contribution in [-0.2, 0) is 0 Å². The van der Waals surface area contributed by atoms with E-state index in [0.29, 0.717) is 23.6 Å². The molecule has 2 aromatic carbocycles. The van der Waals surface area contributed by atoms with E-state index < -0.39 is 0 Å². The Balaban J connectivity index is 1.89. The quantitative estimate of drug-likeness (QED) is 0.443. The molecule has 0 unspecified atom stereocenters. The van der Waals surface area contributed by atoms with Crippen LogP contribution in [0, 0.1) is 0 Å². The van der Waals surface area contributed by atoms with Crippen LogP contribution >= 0.6 is 0 Å². The van der Waals surface area contributed by atoms with Crippen LogP contribution in [0.2, 0.25) is 0 Å². The number of hydrogen-bond donors (Lipinski definition) is 0. The Bertz CT molecular complexity index is 843. The molecule has 3 aromatic rings. The highest BCUT2D eigenvalue weighted by atomic mass is 16.5. The molecule has 0 fully saturated rings. The molecule has 0 aliphatic carbocycles. The Hall–Kier alpha value is -2.94. The molecular formula is C22H21NO2. The summed E-state index contributed by atoms with van der Waals surface area (Å²) in [5.74, 6) is 0.498. The van der Waals surface area contributed by atoms with Crippen molar-refractivity contribution in [2.24, 2.45) is 0 Å². The smallest absolute Gasteiger partial charge is 0.215 e. The van der Waals surface area contributed by atoms with Gasteiger partial charge in [0.15, 0.2) is 0 Å². The minimum Gasteiger partial charge on any atom is -0.493 e. The van der Waals surface area contributed by atoms with Crippen LogP contribution in [0.1, 0.15) is 35.8 Å². The lowest BCUT2D eigenvalue weighted by Gasteiger charge is -2.10. The van der Waals surface area contributed by atoms with Gasteiger partial charge in [-0.25, -0.2) is 4.98 Å². The summed E-state index contributed by atoms with van der Waals surface area (Å²) in [6.07, 6.45) is 2.01. The Morgan fingerprint density at radius 2 is 1.68 bits per heavy atom. The largest absolute Gasteiger partial charge is 0.493 e. The molecule has 1 aromatic heterocycles. The molecule has 3 nitrogen and oxygen atoms in total. The van der Waals surface area contributed by atoms with Crippen LogP contribution in [0.15, 0.2) is 72.8 Å². The molecular weight excluding hydrogens is 310 g/mol. The van der Waals surface area contributed by atoms with Crippen molar-refractivity contribution < 1.29 is 9.53 Å². The molecule has 0 saturated carbocycles. The summed E-state index contributed by atoms with van der Waals surface area (Å²) < 4.78 is 5.79. The van der Waals surface area contributed by atoms with Crippen molar-refractivity contribution in [1.29, 1.82) is 0 Å². The average Bonchev–Trinajstić information content (AvgIpc) is 2.69. The predicted octanol–water partition coefficient (Wildman–Crippen LogP) is 5.16. The van der Waals surface area contributed by atoms with E-state index in [4.69, 9.17) is 4.74 Å². The number of carbonyl (C=O) groups excluding carboxylic acids is 1. The van der Waals surface area contributed by atoms with E-state index in [-0.39, 0.29) is 5.78 Å². The van der Waals surface area contributed by atoms with Gasteiger partial charge >= 0.3 is 0 Å². The lowest BCUT2D eigenvalue weighted by Crippen LogP contribution is -2.08. The lowest BCUT2D eigenvalue weighted by molar-refractivity contribution is 0.103. The van der Waals surface area contributed by atoms with Gasteiger partial charge in [-0.05, 0) is 30.7 Å². The maximum absolute atomic E-state index is 12.9. The van der Waals surface area contributed by atoms with Gasteiger partial charge in [0.25, 0.3) is 0 Å². The van der Waals surface area contributed by atoms with Crippen molar-refractivity contribution >= 4 is 5.78 Å². The standard InChI is InChI=1S/C22H21NO2/c1-2-3-16-25-21-15-8-7-12-18(21)22(24)20-14-9-13-19(23-20)17-10-5-4-6-11-17/h4-15H,2-3,16H2,1H3. The first-order valence-corrected chi connectivity index (χ1v) is 8.58. The first kappa shape index (κ1) is 16.9. The highest BCUT2D eigenvalue weighted by molar-refractivity contribution is 6.09. The molecule has 0 bridgehead atoms. The van der Waals surface area contributed by atoms with Crippen LogP contribution in [0.25, 0.3) is 11.3 Å². The van der Waals surface area contributed by atoms with Crippen LogP contribution in [0.5, 0.6) is 5.75 Å². The molecule has 0 saturated heterocycles. The number of nitrogens with zero attached hydrogens (tertiary/aromatic N) is 1. The summed E-state index contributed by atoms with van der Waals surface area (Å²) in [5.41, 5.74) is 2.75. The van der Waals surface area contributed by atoms with Crippen molar-refractivity contribution in [2.45, 2.75) is 19.8 Å². The number of pyridine rings is 1. The SMILES string of the molecule is CCCCOc1ccccc1C(=O)c1cccc(-c2ccccc2)n1. The van der Waals surface area contributed by atoms with Gasteiger partial charge in [-0.3, -0.25) is 4.79 Å². The lowest BCUT2D eigenvalue weighted by atomic mass is 10.1. The molecule has 3 rings (SSSR count). The molecule has 126 valence electrons. The van der Waals surface area contributed by atoms with Crippen LogP contribution in [0.4, 0.5) is 0 Å². The molecule has 25 heavy (non-hydrogen) atoms. The highest BCUT2D eigenvalue weighted by Crippen LogP contribution is 2.23. The number of aromatic nitrogens is 1. The van der Waals surface area contributed by atoms with Crippen molar-refractivity contribution in [1.82, 2.24) is 4.98 Å². The average molecular weight is 331 g/mol. The van der Waals surface area contributed by atoms with Crippen molar-refractivity contribution in [2.75, 3.05) is 6.61 Å². The minimum atomic E-state index is -0.120. The molecule has 0 N–H and O–H groups in total. The third-order valence-electron chi connectivity index (χ3n) is 3.94. The van der Waals surface area contributed by atoms with E-state index in [0.717, 1.165) is 24.1 Å². The number of unbranched alkanes of at least 4 members (excludes halogenated alkanes) is 1. The maximum atomic E-state index is 12.9. The second-order valence-corrected chi connectivity index (χ2v) is 5.80. The van der Waals surface area contributed by atoms with Crippen molar-refractivity contribution in [3.05, 3.63) is 84.1 Å². The summed E-state index contributed by atoms with van der Waals surface area (Å²) in [7, 11) is 0. The van der Waals surface area contributed by atoms with Gasteiger partial charge in [-0.2, -0.15) is 0 Å². The third kappa shape index (κ3) is 4.13. The third-order valence-corrected chi connectivity index (χ3v) is 3.94. The van der Waals surface area contributed by atoms with Crippen LogP contribution in [-0.4, -0.2) is 17.4 Å². The van der Waals surface area contributed by atoms with Gasteiger partial charge in [-0.1, -0.05) is 61.9 Å². The van der Waals surface area contributed by atoms with E-state index in [2.05, 4.69) is 11.9 Å². The molecule has 1 heterocycles. The number of ketones is 1. The number of hydrogen-bond acceptors (Lipinski definition) is 3. The van der Waals surface area contributed by atoms with E-state index in [1.54, 1.807) is 12.1 Å². The molecule has 0 radical (unpaired) electrons. The van der Waals surface area contributed by atoms with E-state index in [1.165, 1.54) is 0 Å². The van der Waals surface area contributed by atoms with Gasteiger partial charge < -0.3 is 4.74 Å². The fourth-order valence-corrected chi connectivity index (χ4v) is 2.58. The van der Waals surface area contributed by atoms with Gasteiger partial charge in [0.05, 0.1) is 17.9 Å². The monoisotopic (exact) mass is 331 g/mol. The van der Waals surface area contributed by atoms with E-state index in [1.807, 2.05) is 60.7 Å². The predicted molar refractivity (Wildman–Crippen MR) is 100.0 cm³/mol.